The van der Waals surface area contributed by atoms with Gasteiger partial charge in [-0.2, -0.15) is 0 Å². The van der Waals surface area contributed by atoms with Gasteiger partial charge in [0.15, 0.2) is 0 Å². The van der Waals surface area contributed by atoms with Crippen molar-refractivity contribution >= 4 is 17.9 Å². The molecule has 0 amide bonds. The summed E-state index contributed by atoms with van der Waals surface area (Å²) in [7, 11) is 5.72. The van der Waals surface area contributed by atoms with E-state index in [2.05, 4.69) is 0 Å². The molecule has 0 aliphatic carbocycles. The fourth-order valence-corrected chi connectivity index (χ4v) is 1.04. The molecule has 0 fully saturated rings. The molecule has 110 valence electrons. The summed E-state index contributed by atoms with van der Waals surface area (Å²) in [5, 5.41) is 33.1. The number of likely N-dealkylation sites (N-methyl/N-ethyl adjacent to an activating group) is 1. The number of aliphatic hydroxyl groups excluding tert-OH is 1. The van der Waals surface area contributed by atoms with Crippen molar-refractivity contribution in [3.8, 4) is 0 Å². The summed E-state index contributed by atoms with van der Waals surface area (Å²) >= 11 is 0. The Hall–Kier alpha value is -1.93. The van der Waals surface area contributed by atoms with Gasteiger partial charge in [-0.3, -0.25) is 4.79 Å². The van der Waals surface area contributed by atoms with Crippen molar-refractivity contribution in [2.45, 2.75) is 12.5 Å². The van der Waals surface area contributed by atoms with Gasteiger partial charge in [-0.1, -0.05) is 0 Å². The van der Waals surface area contributed by atoms with E-state index in [0.717, 1.165) is 0 Å². The van der Waals surface area contributed by atoms with E-state index in [1.54, 1.807) is 0 Å². The number of carboxylic acid groups (broad SMARTS) is 3. The maximum atomic E-state index is 10.1. The van der Waals surface area contributed by atoms with Crippen LogP contribution in [-0.2, 0) is 14.4 Å². The third-order valence-electron chi connectivity index (χ3n) is 1.54. The van der Waals surface area contributed by atoms with Gasteiger partial charge in [0.2, 0.25) is 0 Å². The first-order valence-corrected chi connectivity index (χ1v) is 5.28. The predicted octanol–water partition coefficient (Wildman–Crippen LogP) is -0.760. The Labute approximate surface area is 110 Å². The van der Waals surface area contributed by atoms with E-state index in [1.165, 1.54) is 0 Å². The Morgan fingerprint density at radius 1 is 1.00 bits per heavy atom. The highest BCUT2D eigenvalue weighted by Crippen LogP contribution is 1.98. The summed E-state index contributed by atoms with van der Waals surface area (Å²) in [4.78, 5) is 29.2. The van der Waals surface area contributed by atoms with Crippen LogP contribution < -0.4 is 0 Å². The van der Waals surface area contributed by atoms with Gasteiger partial charge in [0.05, 0.1) is 27.6 Å². The molecule has 4 N–H and O–H groups in total. The van der Waals surface area contributed by atoms with Crippen LogP contribution in [0.3, 0.4) is 0 Å². The lowest BCUT2D eigenvalue weighted by Gasteiger charge is -2.25. The topological polar surface area (TPSA) is 132 Å². The molecule has 19 heavy (non-hydrogen) atoms. The molecule has 0 rings (SSSR count). The number of carbonyl (C=O) groups is 3. The average Bonchev–Trinajstić information content (AvgIpc) is 2.10. The molecule has 0 unspecified atom stereocenters. The number of carboxylic acids is 3. The molecule has 8 nitrogen and oxygen atoms in total. The monoisotopic (exact) mass is 278 g/mol. The number of nitrogens with zero attached hydrogens (tertiary/aromatic N) is 1. The maximum Gasteiger partial charge on any atom is 0.328 e. The number of hydrogen-bond donors (Lipinski definition) is 4. The largest absolute Gasteiger partial charge is 0.481 e. The summed E-state index contributed by atoms with van der Waals surface area (Å²) < 4.78 is 0.578. The molecule has 0 aromatic heterocycles. The highest BCUT2D eigenvalue weighted by Gasteiger charge is 2.17. The minimum atomic E-state index is -1.26. The van der Waals surface area contributed by atoms with Gasteiger partial charge in [-0.05, 0) is 0 Å². The molecule has 0 aliphatic rings. The molecule has 0 saturated carbocycles. The standard InChI is InChI=1S/C7H15NO3.C4H4O4/c1-8(2,3)5-6(9)4-7(10)11;5-3(6)1-2-4(7)8/h6,9H,4-5H2,1-3H3;1-2H,(H,5,6)(H,7,8)/p+1/b;2-1+/t6-;/m1./s1. The van der Waals surface area contributed by atoms with Crippen LogP contribution in [0.4, 0.5) is 0 Å². The Balaban J connectivity index is 0. The maximum absolute atomic E-state index is 10.1. The van der Waals surface area contributed by atoms with Crippen molar-refractivity contribution in [3.63, 3.8) is 0 Å². The first kappa shape index (κ1) is 19.4. The van der Waals surface area contributed by atoms with E-state index in [9.17, 15) is 14.4 Å². The van der Waals surface area contributed by atoms with Crippen molar-refractivity contribution in [1.82, 2.24) is 0 Å². The molecule has 0 bridgehead atoms. The third-order valence-corrected chi connectivity index (χ3v) is 1.54. The van der Waals surface area contributed by atoms with E-state index in [4.69, 9.17) is 20.4 Å². The quantitative estimate of drug-likeness (QED) is 0.371. The lowest BCUT2D eigenvalue weighted by Crippen LogP contribution is -2.42. The predicted molar refractivity (Wildman–Crippen MR) is 65.6 cm³/mol. The Morgan fingerprint density at radius 3 is 1.58 bits per heavy atom. The Kier molecular flexibility index (Phi) is 9.26. The van der Waals surface area contributed by atoms with Gasteiger partial charge in [-0.25, -0.2) is 9.59 Å². The van der Waals surface area contributed by atoms with E-state index in [1.807, 2.05) is 21.1 Å². The second-order valence-corrected chi connectivity index (χ2v) is 4.73. The number of quaternary nitrogens is 1. The van der Waals surface area contributed by atoms with Gasteiger partial charge in [0, 0.05) is 12.2 Å². The van der Waals surface area contributed by atoms with Gasteiger partial charge < -0.3 is 24.9 Å². The second-order valence-electron chi connectivity index (χ2n) is 4.73. The zero-order valence-corrected chi connectivity index (χ0v) is 11.1. The summed E-state index contributed by atoms with van der Waals surface area (Å²) in [5.74, 6) is -3.47. The molecular formula is C11H20NO7+. The highest BCUT2D eigenvalue weighted by molar-refractivity contribution is 5.89. The Morgan fingerprint density at radius 2 is 1.37 bits per heavy atom. The summed E-state index contributed by atoms with van der Waals surface area (Å²) in [6.07, 6.45) is 0.202. The van der Waals surface area contributed by atoms with E-state index in [-0.39, 0.29) is 6.42 Å². The highest BCUT2D eigenvalue weighted by atomic mass is 16.4. The molecule has 0 heterocycles. The van der Waals surface area contributed by atoms with E-state index < -0.39 is 24.0 Å². The summed E-state index contributed by atoms with van der Waals surface area (Å²) in [6.45, 7) is 0.465. The van der Waals surface area contributed by atoms with Crippen molar-refractivity contribution < 1.29 is 39.3 Å². The minimum absolute atomic E-state index is 0.171. The van der Waals surface area contributed by atoms with Crippen molar-refractivity contribution in [1.29, 1.82) is 0 Å². The second kappa shape index (κ2) is 9.06. The number of hydrogen-bond acceptors (Lipinski definition) is 4. The average molecular weight is 278 g/mol. The zero-order valence-electron chi connectivity index (χ0n) is 11.1. The fraction of sp³-hybridized carbons (Fsp3) is 0.545. The molecular weight excluding hydrogens is 258 g/mol. The smallest absolute Gasteiger partial charge is 0.328 e. The van der Waals surface area contributed by atoms with Gasteiger partial charge in [0.1, 0.15) is 12.6 Å². The van der Waals surface area contributed by atoms with Gasteiger partial charge in [-0.15, -0.1) is 0 Å². The van der Waals surface area contributed by atoms with E-state index in [0.29, 0.717) is 23.2 Å². The molecule has 0 saturated heterocycles. The summed E-state index contributed by atoms with van der Waals surface area (Å²) in [5.41, 5.74) is 0. The normalized spacial score (nSPS) is 12.4. The third kappa shape index (κ3) is 21.8. The van der Waals surface area contributed by atoms with Crippen molar-refractivity contribution in [2.75, 3.05) is 27.7 Å². The van der Waals surface area contributed by atoms with Crippen LogP contribution in [0.2, 0.25) is 0 Å². The molecule has 0 aromatic carbocycles. The van der Waals surface area contributed by atoms with Crippen LogP contribution >= 0.6 is 0 Å². The van der Waals surface area contributed by atoms with E-state index >= 15 is 0 Å². The molecule has 1 atom stereocenters. The molecule has 8 heteroatoms. The van der Waals surface area contributed by atoms with Gasteiger partial charge in [0.25, 0.3) is 0 Å². The van der Waals surface area contributed by atoms with Crippen LogP contribution in [0.1, 0.15) is 6.42 Å². The first-order chi connectivity index (χ1) is 8.44. The summed E-state index contributed by atoms with van der Waals surface area (Å²) in [6, 6.07) is 0. The van der Waals surface area contributed by atoms with Crippen molar-refractivity contribution in [2.24, 2.45) is 0 Å². The SMILES string of the molecule is C[N+](C)(C)C[C@H](O)CC(=O)O.O=C(O)/C=C/C(=O)O. The van der Waals surface area contributed by atoms with Crippen LogP contribution in [-0.4, -0.2) is 76.6 Å². The number of aliphatic hydroxyl groups is 1. The Bertz CT molecular complexity index is 327. The fourth-order valence-electron chi connectivity index (χ4n) is 1.04. The molecule has 0 radical (unpaired) electrons. The molecule has 0 spiro atoms. The van der Waals surface area contributed by atoms with Crippen LogP contribution in [0.25, 0.3) is 0 Å². The lowest BCUT2D eigenvalue weighted by atomic mass is 10.2. The number of aliphatic carboxylic acids is 3. The van der Waals surface area contributed by atoms with Crippen LogP contribution in [0.5, 0.6) is 0 Å². The minimum Gasteiger partial charge on any atom is -0.481 e. The first-order valence-electron chi connectivity index (χ1n) is 5.28. The van der Waals surface area contributed by atoms with Crippen LogP contribution in [0, 0.1) is 0 Å². The molecule has 0 aliphatic heterocycles. The van der Waals surface area contributed by atoms with Gasteiger partial charge >= 0.3 is 17.9 Å². The lowest BCUT2D eigenvalue weighted by molar-refractivity contribution is -0.873. The van der Waals surface area contributed by atoms with Crippen LogP contribution in [0.15, 0.2) is 12.2 Å². The van der Waals surface area contributed by atoms with Crippen molar-refractivity contribution in [3.05, 3.63) is 12.2 Å². The number of rotatable bonds is 6. The zero-order chi connectivity index (χ0) is 15.6. The molecule has 0 aromatic rings.